The molecule has 164 valence electrons. The molecule has 0 aliphatic heterocycles. The Morgan fingerprint density at radius 2 is 0.964 bits per heavy atom. The predicted octanol–water partition coefficient (Wildman–Crippen LogP) is 5.14. The molecule has 0 radical (unpaired) electrons. The Hall–Kier alpha value is -0.0900. The smallest absolute Gasteiger partial charge is 0.104 e. The van der Waals surface area contributed by atoms with Crippen LogP contribution in [0.1, 0.15) is 109 Å². The van der Waals surface area contributed by atoms with Crippen molar-refractivity contribution in [3.8, 4) is 0 Å². The molecule has 0 bridgehead atoms. The van der Waals surface area contributed by atoms with Gasteiger partial charge in [-0.25, -0.2) is 0 Å². The Bertz CT molecular complexity index is 429. The van der Waals surface area contributed by atoms with Crippen molar-refractivity contribution in [2.45, 2.75) is 110 Å². The molecule has 0 saturated carbocycles. The van der Waals surface area contributed by atoms with E-state index in [1.54, 1.807) is 0 Å². The van der Waals surface area contributed by atoms with Gasteiger partial charge in [-0.05, 0) is 12.8 Å². The number of hydrogen-bond donors (Lipinski definition) is 0. The van der Waals surface area contributed by atoms with Crippen LogP contribution in [0.25, 0.3) is 0 Å². The highest BCUT2D eigenvalue weighted by Gasteiger charge is 2.14. The van der Waals surface area contributed by atoms with Crippen molar-refractivity contribution in [3.05, 3.63) is 35.9 Å². The minimum Gasteiger partial charge on any atom is -1.00 e. The van der Waals surface area contributed by atoms with Gasteiger partial charge >= 0.3 is 0 Å². The van der Waals surface area contributed by atoms with E-state index < -0.39 is 0 Å². The number of halogens is 1. The summed E-state index contributed by atoms with van der Waals surface area (Å²) in [6, 6.07) is 10.9. The Morgan fingerprint density at radius 3 is 1.39 bits per heavy atom. The van der Waals surface area contributed by atoms with Gasteiger partial charge in [-0.1, -0.05) is 121 Å². The summed E-state index contributed by atoms with van der Waals surface area (Å²) in [4.78, 5) is 0. The lowest BCUT2D eigenvalue weighted by atomic mass is 10.0. The normalized spacial score (nSPS) is 11.4. The van der Waals surface area contributed by atoms with Gasteiger partial charge in [0, 0.05) is 5.56 Å². The van der Waals surface area contributed by atoms with Gasteiger partial charge in [0.05, 0.1) is 20.6 Å². The van der Waals surface area contributed by atoms with Crippen LogP contribution in [0.2, 0.25) is 0 Å². The Morgan fingerprint density at radius 1 is 0.571 bits per heavy atom. The van der Waals surface area contributed by atoms with Gasteiger partial charge in [0.25, 0.3) is 0 Å². The predicted molar refractivity (Wildman–Crippen MR) is 122 cm³/mol. The van der Waals surface area contributed by atoms with Crippen LogP contribution in [0.3, 0.4) is 0 Å². The van der Waals surface area contributed by atoms with Crippen molar-refractivity contribution in [3.63, 3.8) is 0 Å². The number of hydrogen-bond acceptors (Lipinski definition) is 0. The van der Waals surface area contributed by atoms with E-state index in [0.29, 0.717) is 0 Å². The van der Waals surface area contributed by atoms with Gasteiger partial charge in [0.15, 0.2) is 0 Å². The minimum atomic E-state index is 0. The maximum Gasteiger partial charge on any atom is 0.104 e. The summed E-state index contributed by atoms with van der Waals surface area (Å²) < 4.78 is 1.11. The first-order valence-electron chi connectivity index (χ1n) is 12.0. The SMILES string of the molecule is CCCCCCCCCCCCCCCCC[N+](C)(C)Cc1ccccc1.[I-]. The summed E-state index contributed by atoms with van der Waals surface area (Å²) in [5, 5.41) is 0. The summed E-state index contributed by atoms with van der Waals surface area (Å²) in [6.07, 6.45) is 21.7. The fourth-order valence-electron chi connectivity index (χ4n) is 4.07. The topological polar surface area (TPSA) is 0 Å². The number of benzene rings is 1. The van der Waals surface area contributed by atoms with E-state index in [1.165, 1.54) is 108 Å². The zero-order valence-electron chi connectivity index (χ0n) is 19.2. The van der Waals surface area contributed by atoms with Crippen LogP contribution in [-0.2, 0) is 6.54 Å². The van der Waals surface area contributed by atoms with E-state index in [0.717, 1.165) is 11.0 Å². The summed E-state index contributed by atoms with van der Waals surface area (Å²) in [6.45, 7) is 4.75. The Labute approximate surface area is 194 Å². The molecule has 1 rings (SSSR count). The summed E-state index contributed by atoms with van der Waals surface area (Å²) >= 11 is 0. The van der Waals surface area contributed by atoms with Crippen molar-refractivity contribution in [2.75, 3.05) is 20.6 Å². The van der Waals surface area contributed by atoms with E-state index in [-0.39, 0.29) is 24.0 Å². The summed E-state index contributed by atoms with van der Waals surface area (Å²) in [5.74, 6) is 0. The molecule has 0 amide bonds. The quantitative estimate of drug-likeness (QED) is 0.149. The second-order valence-electron chi connectivity index (χ2n) is 9.25. The Kier molecular flexibility index (Phi) is 18.8. The molecule has 0 saturated heterocycles. The van der Waals surface area contributed by atoms with Crippen LogP contribution in [-0.4, -0.2) is 25.1 Å². The molecule has 2 heteroatoms. The highest BCUT2D eigenvalue weighted by atomic mass is 127. The lowest BCUT2D eigenvalue weighted by Gasteiger charge is -2.30. The molecule has 28 heavy (non-hydrogen) atoms. The van der Waals surface area contributed by atoms with Gasteiger partial charge in [-0.15, -0.1) is 0 Å². The number of nitrogens with zero attached hydrogens (tertiary/aromatic N) is 1. The molecule has 0 fully saturated rings. The maximum atomic E-state index is 2.37. The maximum absolute atomic E-state index is 2.37. The highest BCUT2D eigenvalue weighted by molar-refractivity contribution is 5.13. The van der Waals surface area contributed by atoms with Gasteiger partial charge in [0.2, 0.25) is 0 Å². The molecule has 0 atom stereocenters. The molecule has 0 heterocycles. The lowest BCUT2D eigenvalue weighted by molar-refractivity contribution is -0.903. The van der Waals surface area contributed by atoms with Crippen molar-refractivity contribution in [1.82, 2.24) is 0 Å². The molecule has 1 aromatic rings. The summed E-state index contributed by atoms with van der Waals surface area (Å²) in [5.41, 5.74) is 1.46. The van der Waals surface area contributed by atoms with Crippen LogP contribution in [0.15, 0.2) is 30.3 Å². The largest absolute Gasteiger partial charge is 1.00 e. The molecule has 0 unspecified atom stereocenters. The zero-order valence-corrected chi connectivity index (χ0v) is 21.4. The van der Waals surface area contributed by atoms with Crippen LogP contribution < -0.4 is 24.0 Å². The standard InChI is InChI=1S/C26H48N.HI/c1-4-5-6-7-8-9-10-11-12-13-14-15-16-17-21-24-27(2,3)25-26-22-19-18-20-23-26;/h18-20,22-23H,4-17,21,24-25H2,1-3H3;1H/q+1;/p-1. The van der Waals surface area contributed by atoms with Crippen LogP contribution in [0, 0.1) is 0 Å². The molecule has 0 spiro atoms. The minimum absolute atomic E-state index is 0. The Balaban J connectivity index is 0.00000729. The van der Waals surface area contributed by atoms with Gasteiger partial charge in [-0.2, -0.15) is 0 Å². The molecule has 0 aliphatic rings. The number of quaternary nitrogens is 1. The fourth-order valence-corrected chi connectivity index (χ4v) is 4.07. The number of unbranched alkanes of at least 4 members (excludes halogenated alkanes) is 14. The van der Waals surface area contributed by atoms with Crippen LogP contribution in [0.4, 0.5) is 0 Å². The van der Waals surface area contributed by atoms with E-state index in [2.05, 4.69) is 51.4 Å². The van der Waals surface area contributed by atoms with Gasteiger partial charge in [-0.3, -0.25) is 0 Å². The van der Waals surface area contributed by atoms with E-state index in [9.17, 15) is 0 Å². The van der Waals surface area contributed by atoms with Crippen molar-refractivity contribution in [1.29, 1.82) is 0 Å². The molecule has 0 aliphatic carbocycles. The van der Waals surface area contributed by atoms with Gasteiger partial charge in [0.1, 0.15) is 6.54 Å². The zero-order chi connectivity index (χ0) is 19.6. The fraction of sp³-hybridized carbons (Fsp3) is 0.769. The van der Waals surface area contributed by atoms with Crippen LogP contribution in [0.5, 0.6) is 0 Å². The van der Waals surface area contributed by atoms with E-state index in [4.69, 9.17) is 0 Å². The second kappa shape index (κ2) is 18.9. The molecular formula is C26H48IN. The second-order valence-corrected chi connectivity index (χ2v) is 9.25. The molecular weight excluding hydrogens is 453 g/mol. The third-order valence-corrected chi connectivity index (χ3v) is 5.82. The monoisotopic (exact) mass is 501 g/mol. The average molecular weight is 502 g/mol. The third kappa shape index (κ3) is 16.8. The van der Waals surface area contributed by atoms with Crippen LogP contribution >= 0.6 is 0 Å². The first-order valence-corrected chi connectivity index (χ1v) is 12.0. The third-order valence-electron chi connectivity index (χ3n) is 5.82. The highest BCUT2D eigenvalue weighted by Crippen LogP contribution is 2.15. The average Bonchev–Trinajstić information content (AvgIpc) is 2.65. The van der Waals surface area contributed by atoms with Crippen molar-refractivity contribution in [2.24, 2.45) is 0 Å². The van der Waals surface area contributed by atoms with E-state index in [1.807, 2.05) is 0 Å². The lowest BCUT2D eigenvalue weighted by Crippen LogP contribution is -3.00. The van der Waals surface area contributed by atoms with Crippen molar-refractivity contribution >= 4 is 0 Å². The molecule has 1 aromatic carbocycles. The van der Waals surface area contributed by atoms with E-state index >= 15 is 0 Å². The number of rotatable bonds is 18. The van der Waals surface area contributed by atoms with Gasteiger partial charge < -0.3 is 28.5 Å². The first kappa shape index (κ1) is 27.9. The van der Waals surface area contributed by atoms with Crippen molar-refractivity contribution < 1.29 is 28.5 Å². The molecule has 0 N–H and O–H groups in total. The first-order chi connectivity index (χ1) is 13.1. The molecule has 1 nitrogen and oxygen atoms in total. The molecule has 0 aromatic heterocycles. The summed E-state index contributed by atoms with van der Waals surface area (Å²) in [7, 11) is 4.74.